The summed E-state index contributed by atoms with van der Waals surface area (Å²) < 4.78 is 5.28. The summed E-state index contributed by atoms with van der Waals surface area (Å²) in [7, 11) is 5.72. The summed E-state index contributed by atoms with van der Waals surface area (Å²) in [6, 6.07) is 7.96. The number of hydrogen-bond donors (Lipinski definition) is 2. The maximum Gasteiger partial charge on any atom is 0.119 e. The Kier molecular flexibility index (Phi) is 8.73. The van der Waals surface area contributed by atoms with E-state index in [9.17, 15) is 5.11 Å². The van der Waals surface area contributed by atoms with Gasteiger partial charge >= 0.3 is 0 Å². The van der Waals surface area contributed by atoms with Crippen molar-refractivity contribution in [3.05, 3.63) is 29.8 Å². The van der Waals surface area contributed by atoms with Crippen molar-refractivity contribution in [2.45, 2.75) is 30.9 Å². The topological polar surface area (TPSA) is 58.7 Å². The molecule has 4 nitrogen and oxygen atoms in total. The van der Waals surface area contributed by atoms with Crippen LogP contribution in [0.15, 0.2) is 24.3 Å². The second-order valence-electron chi connectivity index (χ2n) is 6.15. The van der Waals surface area contributed by atoms with E-state index in [4.69, 9.17) is 10.5 Å². The van der Waals surface area contributed by atoms with E-state index in [2.05, 4.69) is 4.90 Å². The van der Waals surface area contributed by atoms with Gasteiger partial charge in [0.1, 0.15) is 5.75 Å². The quantitative estimate of drug-likeness (QED) is 0.875. The van der Waals surface area contributed by atoms with Crippen LogP contribution in [0, 0.1) is 5.92 Å². The third kappa shape index (κ3) is 4.74. The van der Waals surface area contributed by atoms with Crippen molar-refractivity contribution in [2.24, 2.45) is 11.7 Å². The van der Waals surface area contributed by atoms with Crippen molar-refractivity contribution < 1.29 is 9.84 Å². The third-order valence-electron chi connectivity index (χ3n) is 4.31. The normalized spacial score (nSPS) is 27.7. The average Bonchev–Trinajstić information content (AvgIpc) is 2.42. The molecule has 0 saturated heterocycles. The molecule has 1 aromatic carbocycles. The predicted octanol–water partition coefficient (Wildman–Crippen LogP) is 2.42. The summed E-state index contributed by atoms with van der Waals surface area (Å²) in [6.07, 6.45) is 2.42. The molecule has 1 aromatic rings. The number of ether oxygens (including phenoxy) is 1. The molecule has 0 amide bonds. The van der Waals surface area contributed by atoms with Crippen LogP contribution in [0.2, 0.25) is 0 Å². The van der Waals surface area contributed by atoms with Crippen LogP contribution in [0.4, 0.5) is 0 Å². The molecule has 1 saturated carbocycles. The largest absolute Gasteiger partial charge is 0.497 e. The summed E-state index contributed by atoms with van der Waals surface area (Å²) in [5.74, 6) is 0.933. The van der Waals surface area contributed by atoms with Gasteiger partial charge in [0.25, 0.3) is 0 Å². The highest BCUT2D eigenvalue weighted by Gasteiger charge is 2.42. The molecule has 1 aliphatic carbocycles. The Bertz CT molecular complexity index is 458. The number of aliphatic hydroxyl groups is 1. The molecule has 1 fully saturated rings. The minimum absolute atomic E-state index is 0. The van der Waals surface area contributed by atoms with Gasteiger partial charge in [0.15, 0.2) is 0 Å². The van der Waals surface area contributed by atoms with Gasteiger partial charge in [0.05, 0.1) is 12.7 Å². The first-order valence-corrected chi connectivity index (χ1v) is 7.23. The molecule has 3 unspecified atom stereocenters. The second-order valence-corrected chi connectivity index (χ2v) is 6.15. The van der Waals surface area contributed by atoms with Gasteiger partial charge < -0.3 is 20.5 Å². The van der Waals surface area contributed by atoms with E-state index in [1.54, 1.807) is 7.11 Å². The second kappa shape index (κ2) is 8.94. The van der Waals surface area contributed by atoms with Gasteiger partial charge in [0.2, 0.25) is 0 Å². The smallest absolute Gasteiger partial charge is 0.119 e. The Morgan fingerprint density at radius 1 is 1.36 bits per heavy atom. The van der Waals surface area contributed by atoms with Gasteiger partial charge in [-0.05, 0) is 51.1 Å². The lowest BCUT2D eigenvalue weighted by atomic mass is 9.70. The summed E-state index contributed by atoms with van der Waals surface area (Å²) >= 11 is 0. The number of rotatable bonds is 4. The minimum atomic E-state index is -0.811. The number of methoxy groups -OCH3 is 1. The lowest BCUT2D eigenvalue weighted by molar-refractivity contribution is -0.0662. The fourth-order valence-corrected chi connectivity index (χ4v) is 3.23. The summed E-state index contributed by atoms with van der Waals surface area (Å²) in [6.45, 7) is 0.835. The zero-order valence-corrected chi connectivity index (χ0v) is 15.1. The SMILES string of the molecule is COc1cccc(C2(O)CCC(N)CC2CN(C)C)c1.Cl.Cl. The number of nitrogens with zero attached hydrogens (tertiary/aromatic N) is 1. The van der Waals surface area contributed by atoms with E-state index in [0.29, 0.717) is 6.42 Å². The van der Waals surface area contributed by atoms with Gasteiger partial charge in [-0.15, -0.1) is 24.8 Å². The summed E-state index contributed by atoms with van der Waals surface area (Å²) in [4.78, 5) is 2.12. The lowest BCUT2D eigenvalue weighted by Crippen LogP contribution is -2.48. The molecule has 2 rings (SSSR count). The molecule has 0 aliphatic heterocycles. The molecule has 6 heteroatoms. The van der Waals surface area contributed by atoms with Crippen LogP contribution in [0.1, 0.15) is 24.8 Å². The number of nitrogens with two attached hydrogens (primary N) is 1. The van der Waals surface area contributed by atoms with Crippen LogP contribution < -0.4 is 10.5 Å². The van der Waals surface area contributed by atoms with E-state index >= 15 is 0 Å². The van der Waals surface area contributed by atoms with E-state index < -0.39 is 5.60 Å². The Morgan fingerprint density at radius 3 is 2.64 bits per heavy atom. The van der Waals surface area contributed by atoms with Crippen molar-refractivity contribution >= 4 is 24.8 Å². The van der Waals surface area contributed by atoms with Gasteiger partial charge in [0, 0.05) is 18.5 Å². The third-order valence-corrected chi connectivity index (χ3v) is 4.31. The van der Waals surface area contributed by atoms with Gasteiger partial charge in [-0.25, -0.2) is 0 Å². The standard InChI is InChI=1S/C16H26N2O2.2ClH/c1-18(2)11-13-9-14(17)7-8-16(13,19)12-5-4-6-15(10-12)20-3;;/h4-6,10,13-14,19H,7-9,11,17H2,1-3H3;2*1H. The van der Waals surface area contributed by atoms with Crippen LogP contribution in [-0.4, -0.2) is 43.8 Å². The van der Waals surface area contributed by atoms with Crippen LogP contribution in [-0.2, 0) is 5.60 Å². The molecule has 3 atom stereocenters. The van der Waals surface area contributed by atoms with E-state index in [0.717, 1.165) is 30.7 Å². The van der Waals surface area contributed by atoms with Gasteiger partial charge in [-0.2, -0.15) is 0 Å². The van der Waals surface area contributed by atoms with Crippen LogP contribution in [0.5, 0.6) is 5.75 Å². The zero-order valence-electron chi connectivity index (χ0n) is 13.5. The number of hydrogen-bond acceptors (Lipinski definition) is 4. The Labute approximate surface area is 145 Å². The molecular formula is C16H28Cl2N2O2. The fourth-order valence-electron chi connectivity index (χ4n) is 3.23. The predicted molar refractivity (Wildman–Crippen MR) is 95.3 cm³/mol. The molecule has 22 heavy (non-hydrogen) atoms. The molecule has 0 bridgehead atoms. The molecular weight excluding hydrogens is 323 g/mol. The molecule has 0 aromatic heterocycles. The van der Waals surface area contributed by atoms with Crippen LogP contribution in [0.3, 0.4) is 0 Å². The average molecular weight is 351 g/mol. The molecule has 0 spiro atoms. The van der Waals surface area contributed by atoms with Crippen molar-refractivity contribution in [3.63, 3.8) is 0 Å². The first kappa shape index (κ1) is 21.5. The Hall–Kier alpha value is -0.520. The highest BCUT2D eigenvalue weighted by molar-refractivity contribution is 5.85. The van der Waals surface area contributed by atoms with Crippen molar-refractivity contribution in [3.8, 4) is 5.75 Å². The fraction of sp³-hybridized carbons (Fsp3) is 0.625. The van der Waals surface area contributed by atoms with Crippen molar-refractivity contribution in [1.82, 2.24) is 4.90 Å². The highest BCUT2D eigenvalue weighted by atomic mass is 35.5. The molecule has 0 heterocycles. The summed E-state index contributed by atoms with van der Waals surface area (Å²) in [5.41, 5.74) is 6.23. The summed E-state index contributed by atoms with van der Waals surface area (Å²) in [5, 5.41) is 11.3. The first-order chi connectivity index (χ1) is 9.45. The monoisotopic (exact) mass is 350 g/mol. The van der Waals surface area contributed by atoms with Gasteiger partial charge in [-0.3, -0.25) is 0 Å². The van der Waals surface area contributed by atoms with Crippen LogP contribution >= 0.6 is 24.8 Å². The van der Waals surface area contributed by atoms with E-state index in [1.165, 1.54) is 0 Å². The molecule has 0 radical (unpaired) electrons. The first-order valence-electron chi connectivity index (χ1n) is 7.23. The number of benzene rings is 1. The van der Waals surface area contributed by atoms with Gasteiger partial charge in [-0.1, -0.05) is 12.1 Å². The highest BCUT2D eigenvalue weighted by Crippen LogP contribution is 2.42. The van der Waals surface area contributed by atoms with Crippen molar-refractivity contribution in [2.75, 3.05) is 27.7 Å². The van der Waals surface area contributed by atoms with E-state index in [1.807, 2.05) is 38.4 Å². The van der Waals surface area contributed by atoms with Crippen molar-refractivity contribution in [1.29, 1.82) is 0 Å². The minimum Gasteiger partial charge on any atom is -0.497 e. The molecule has 3 N–H and O–H groups in total. The maximum atomic E-state index is 11.3. The lowest BCUT2D eigenvalue weighted by Gasteiger charge is -2.43. The Balaban J connectivity index is 0.00000220. The molecule has 128 valence electrons. The Morgan fingerprint density at radius 2 is 2.05 bits per heavy atom. The zero-order chi connectivity index (χ0) is 14.8. The number of halogens is 2. The molecule has 1 aliphatic rings. The van der Waals surface area contributed by atoms with Crippen LogP contribution in [0.25, 0.3) is 0 Å². The van der Waals surface area contributed by atoms with E-state index in [-0.39, 0.29) is 36.8 Å². The maximum absolute atomic E-state index is 11.3.